The first-order chi connectivity index (χ1) is 8.08. The number of hydrogen-bond donors (Lipinski definition) is 2. The van der Waals surface area contributed by atoms with Gasteiger partial charge in [0, 0.05) is 10.6 Å². The van der Waals surface area contributed by atoms with E-state index in [1.165, 1.54) is 0 Å². The molecule has 0 aliphatic carbocycles. The Morgan fingerprint density at radius 1 is 1.47 bits per heavy atom. The van der Waals surface area contributed by atoms with Gasteiger partial charge < -0.3 is 15.3 Å². The third kappa shape index (κ3) is 2.43. The number of carbonyl (C=O) groups is 1. The second-order valence-corrected chi connectivity index (χ2v) is 3.71. The van der Waals surface area contributed by atoms with Gasteiger partial charge in [0.1, 0.15) is 0 Å². The number of hydrogen-bond acceptors (Lipinski definition) is 5. The normalized spacial score (nSPS) is 12.4. The fraction of sp³-hybridized carbons (Fsp3) is 0.100. The van der Waals surface area contributed by atoms with E-state index in [1.54, 1.807) is 24.3 Å². The fourth-order valence-corrected chi connectivity index (χ4v) is 1.39. The second kappa shape index (κ2) is 4.52. The highest BCUT2D eigenvalue weighted by Crippen LogP contribution is 2.22. The molecule has 0 radical (unpaired) electrons. The lowest BCUT2D eigenvalue weighted by Crippen LogP contribution is -2.20. The van der Waals surface area contributed by atoms with Crippen LogP contribution in [0.4, 0.5) is 0 Å². The van der Waals surface area contributed by atoms with Crippen LogP contribution in [0.5, 0.6) is 0 Å². The first-order valence-corrected chi connectivity index (χ1v) is 5.03. The molecule has 0 aliphatic rings. The van der Waals surface area contributed by atoms with Gasteiger partial charge in [-0.15, -0.1) is 10.2 Å². The minimum atomic E-state index is -1.32. The van der Waals surface area contributed by atoms with Crippen molar-refractivity contribution in [2.24, 2.45) is 5.73 Å². The van der Waals surface area contributed by atoms with Crippen LogP contribution in [0.3, 0.4) is 0 Å². The first kappa shape index (κ1) is 11.6. The van der Waals surface area contributed by atoms with Crippen LogP contribution < -0.4 is 5.73 Å². The van der Waals surface area contributed by atoms with Crippen LogP contribution in [-0.2, 0) is 4.79 Å². The van der Waals surface area contributed by atoms with Crippen molar-refractivity contribution in [2.75, 3.05) is 0 Å². The molecule has 3 N–H and O–H groups in total. The topological polar surface area (TPSA) is 102 Å². The molecular weight excluding hydrogens is 246 g/mol. The molecule has 0 bridgehead atoms. The Morgan fingerprint density at radius 3 is 2.88 bits per heavy atom. The number of carboxylic acid groups (broad SMARTS) is 1. The highest BCUT2D eigenvalue weighted by molar-refractivity contribution is 6.30. The summed E-state index contributed by atoms with van der Waals surface area (Å²) in [5, 5.41) is 16.5. The molecule has 1 aromatic carbocycles. The van der Waals surface area contributed by atoms with E-state index in [4.69, 9.17) is 26.9 Å². The van der Waals surface area contributed by atoms with Gasteiger partial charge in [0.25, 0.3) is 0 Å². The Kier molecular flexibility index (Phi) is 3.08. The Morgan fingerprint density at radius 2 is 2.24 bits per heavy atom. The van der Waals surface area contributed by atoms with Gasteiger partial charge in [-0.1, -0.05) is 17.7 Å². The summed E-state index contributed by atoms with van der Waals surface area (Å²) in [6.07, 6.45) is 0. The molecule has 2 aromatic rings. The van der Waals surface area contributed by atoms with Gasteiger partial charge in [0.2, 0.25) is 11.8 Å². The largest absolute Gasteiger partial charge is 0.480 e. The van der Waals surface area contributed by atoms with E-state index in [2.05, 4.69) is 10.2 Å². The van der Waals surface area contributed by atoms with Crippen molar-refractivity contribution in [1.29, 1.82) is 0 Å². The maximum absolute atomic E-state index is 10.6. The summed E-state index contributed by atoms with van der Waals surface area (Å²) in [5.74, 6) is -1.20. The Labute approximate surface area is 101 Å². The number of aliphatic carboxylic acids is 1. The number of carboxylic acids is 1. The highest BCUT2D eigenvalue weighted by atomic mass is 35.5. The van der Waals surface area contributed by atoms with E-state index in [9.17, 15) is 4.79 Å². The molecule has 1 heterocycles. The number of nitrogens with zero attached hydrogens (tertiary/aromatic N) is 2. The van der Waals surface area contributed by atoms with Gasteiger partial charge in [0.15, 0.2) is 6.04 Å². The summed E-state index contributed by atoms with van der Waals surface area (Å²) >= 11 is 5.81. The minimum absolute atomic E-state index is 0.146. The molecule has 0 spiro atoms. The van der Waals surface area contributed by atoms with Crippen LogP contribution in [0.25, 0.3) is 11.5 Å². The zero-order chi connectivity index (χ0) is 12.4. The van der Waals surface area contributed by atoms with Gasteiger partial charge in [0.05, 0.1) is 0 Å². The maximum Gasteiger partial charge on any atom is 0.330 e. The number of aromatic nitrogens is 2. The van der Waals surface area contributed by atoms with Crippen LogP contribution >= 0.6 is 11.6 Å². The smallest absolute Gasteiger partial charge is 0.330 e. The predicted molar refractivity (Wildman–Crippen MR) is 59.3 cm³/mol. The molecule has 1 aromatic heterocycles. The average Bonchev–Trinajstić information content (AvgIpc) is 2.77. The number of benzene rings is 1. The predicted octanol–water partition coefficient (Wildman–Crippen LogP) is 1.47. The molecule has 1 unspecified atom stereocenters. The standard InChI is InChI=1S/C10H8ClN3O3/c11-6-3-1-2-5(4-6)8-13-14-9(17-8)7(12)10(15)16/h1-4,7H,12H2,(H,15,16). The molecule has 0 amide bonds. The van der Waals surface area contributed by atoms with Crippen molar-refractivity contribution in [3.05, 3.63) is 35.2 Å². The lowest BCUT2D eigenvalue weighted by atomic mass is 10.2. The zero-order valence-corrected chi connectivity index (χ0v) is 9.26. The summed E-state index contributed by atoms with van der Waals surface area (Å²) in [5.41, 5.74) is 5.94. The third-order valence-corrected chi connectivity index (χ3v) is 2.28. The molecule has 0 aliphatic heterocycles. The van der Waals surface area contributed by atoms with Gasteiger partial charge in [-0.25, -0.2) is 4.79 Å². The van der Waals surface area contributed by atoms with E-state index >= 15 is 0 Å². The average molecular weight is 254 g/mol. The van der Waals surface area contributed by atoms with Crippen LogP contribution in [0.2, 0.25) is 5.02 Å². The Bertz CT molecular complexity index is 555. The van der Waals surface area contributed by atoms with Crippen molar-refractivity contribution < 1.29 is 14.3 Å². The van der Waals surface area contributed by atoms with E-state index in [0.29, 0.717) is 10.6 Å². The monoisotopic (exact) mass is 253 g/mol. The van der Waals surface area contributed by atoms with Crippen molar-refractivity contribution in [3.8, 4) is 11.5 Å². The molecule has 0 fully saturated rings. The van der Waals surface area contributed by atoms with Crippen LogP contribution in [-0.4, -0.2) is 21.3 Å². The van der Waals surface area contributed by atoms with Crippen LogP contribution in [0.1, 0.15) is 11.9 Å². The Balaban J connectivity index is 2.33. The van der Waals surface area contributed by atoms with Crippen molar-refractivity contribution in [1.82, 2.24) is 10.2 Å². The van der Waals surface area contributed by atoms with E-state index in [1.807, 2.05) is 0 Å². The van der Waals surface area contributed by atoms with Gasteiger partial charge in [-0.05, 0) is 18.2 Å². The molecule has 88 valence electrons. The number of nitrogens with two attached hydrogens (primary N) is 1. The molecule has 6 nitrogen and oxygen atoms in total. The van der Waals surface area contributed by atoms with Gasteiger partial charge >= 0.3 is 5.97 Å². The minimum Gasteiger partial charge on any atom is -0.480 e. The lowest BCUT2D eigenvalue weighted by Gasteiger charge is -1.98. The fourth-order valence-electron chi connectivity index (χ4n) is 1.20. The molecule has 17 heavy (non-hydrogen) atoms. The summed E-state index contributed by atoms with van der Waals surface area (Å²) in [7, 11) is 0. The van der Waals surface area contributed by atoms with Crippen molar-refractivity contribution in [3.63, 3.8) is 0 Å². The lowest BCUT2D eigenvalue weighted by molar-refractivity contribution is -0.139. The molecular formula is C10H8ClN3O3. The summed E-state index contributed by atoms with van der Waals surface area (Å²) in [6.45, 7) is 0. The van der Waals surface area contributed by atoms with Crippen molar-refractivity contribution >= 4 is 17.6 Å². The van der Waals surface area contributed by atoms with Gasteiger partial charge in [-0.3, -0.25) is 0 Å². The molecule has 2 rings (SSSR count). The third-order valence-electron chi connectivity index (χ3n) is 2.04. The van der Waals surface area contributed by atoms with Crippen molar-refractivity contribution in [2.45, 2.75) is 6.04 Å². The highest BCUT2D eigenvalue weighted by Gasteiger charge is 2.21. The van der Waals surface area contributed by atoms with Crippen LogP contribution in [0, 0.1) is 0 Å². The number of rotatable bonds is 3. The van der Waals surface area contributed by atoms with E-state index in [-0.39, 0.29) is 11.8 Å². The summed E-state index contributed by atoms with van der Waals surface area (Å²) < 4.78 is 5.16. The molecule has 7 heteroatoms. The SMILES string of the molecule is NC(C(=O)O)c1nnc(-c2cccc(Cl)c2)o1. The first-order valence-electron chi connectivity index (χ1n) is 4.65. The quantitative estimate of drug-likeness (QED) is 0.859. The number of halogens is 1. The van der Waals surface area contributed by atoms with E-state index in [0.717, 1.165) is 0 Å². The molecule has 0 saturated heterocycles. The summed E-state index contributed by atoms with van der Waals surface area (Å²) in [6, 6.07) is 5.44. The van der Waals surface area contributed by atoms with Gasteiger partial charge in [-0.2, -0.15) is 0 Å². The molecule has 1 atom stereocenters. The zero-order valence-electron chi connectivity index (χ0n) is 8.50. The second-order valence-electron chi connectivity index (χ2n) is 3.27. The maximum atomic E-state index is 10.6. The molecule has 0 saturated carbocycles. The van der Waals surface area contributed by atoms with E-state index < -0.39 is 12.0 Å². The van der Waals surface area contributed by atoms with Crippen LogP contribution in [0.15, 0.2) is 28.7 Å². The summed E-state index contributed by atoms with van der Waals surface area (Å²) in [4.78, 5) is 10.6. The Hall–Kier alpha value is -1.92.